The van der Waals surface area contributed by atoms with Crippen molar-refractivity contribution in [1.29, 1.82) is 0 Å². The number of carbonyl (C=O) groups is 2. The lowest BCUT2D eigenvalue weighted by Crippen LogP contribution is -2.43. The minimum absolute atomic E-state index is 0.0880. The third-order valence-corrected chi connectivity index (χ3v) is 3.33. The second kappa shape index (κ2) is 8.69. The molecular formula is C14H24N2O3. The molecule has 1 amide bonds. The van der Waals surface area contributed by atoms with Crippen LogP contribution in [0.5, 0.6) is 0 Å². The smallest absolute Gasteiger partial charge is 0.317 e. The molecule has 0 radical (unpaired) electrons. The van der Waals surface area contributed by atoms with E-state index in [1.54, 1.807) is 11.0 Å². The molecule has 0 aromatic heterocycles. The third-order valence-electron chi connectivity index (χ3n) is 3.33. The van der Waals surface area contributed by atoms with Crippen LogP contribution >= 0.6 is 0 Å². The molecule has 1 rings (SSSR count). The molecule has 0 aromatic carbocycles. The Hall–Kier alpha value is -1.36. The summed E-state index contributed by atoms with van der Waals surface area (Å²) in [6.45, 7) is 3.97. The van der Waals surface area contributed by atoms with E-state index in [4.69, 9.17) is 5.11 Å². The number of rotatable bonds is 7. The molecule has 108 valence electrons. The predicted molar refractivity (Wildman–Crippen MR) is 73.9 cm³/mol. The van der Waals surface area contributed by atoms with Gasteiger partial charge in [0.25, 0.3) is 0 Å². The molecule has 0 bridgehead atoms. The van der Waals surface area contributed by atoms with Gasteiger partial charge in [0.05, 0.1) is 13.1 Å². The topological polar surface area (TPSA) is 69.6 Å². The van der Waals surface area contributed by atoms with Crippen LogP contribution in [0.25, 0.3) is 0 Å². The summed E-state index contributed by atoms with van der Waals surface area (Å²) in [5.41, 5.74) is 0. The van der Waals surface area contributed by atoms with E-state index in [0.29, 0.717) is 6.54 Å². The van der Waals surface area contributed by atoms with Gasteiger partial charge in [-0.3, -0.25) is 14.5 Å². The summed E-state index contributed by atoms with van der Waals surface area (Å²) < 4.78 is 0. The summed E-state index contributed by atoms with van der Waals surface area (Å²) >= 11 is 0. The Morgan fingerprint density at radius 2 is 1.84 bits per heavy atom. The lowest BCUT2D eigenvalue weighted by Gasteiger charge is -2.21. The second-order valence-corrected chi connectivity index (χ2v) is 5.11. The maximum atomic E-state index is 11.9. The van der Waals surface area contributed by atoms with Crippen molar-refractivity contribution in [2.24, 2.45) is 0 Å². The van der Waals surface area contributed by atoms with Crippen LogP contribution in [0.1, 0.15) is 38.5 Å². The Morgan fingerprint density at radius 3 is 2.37 bits per heavy atom. The highest BCUT2D eigenvalue weighted by Gasteiger charge is 2.17. The number of carboxylic acids is 1. The molecule has 0 aromatic rings. The van der Waals surface area contributed by atoms with Crippen LogP contribution < -0.4 is 5.32 Å². The molecule has 1 fully saturated rings. The largest absolute Gasteiger partial charge is 0.480 e. The van der Waals surface area contributed by atoms with Crippen molar-refractivity contribution >= 4 is 11.9 Å². The summed E-state index contributed by atoms with van der Waals surface area (Å²) in [5.74, 6) is -1.01. The molecule has 1 aliphatic rings. The van der Waals surface area contributed by atoms with Gasteiger partial charge in [0, 0.05) is 12.6 Å². The highest BCUT2D eigenvalue weighted by Crippen LogP contribution is 2.17. The molecule has 19 heavy (non-hydrogen) atoms. The molecule has 0 saturated heterocycles. The molecule has 1 saturated carbocycles. The van der Waals surface area contributed by atoms with Gasteiger partial charge in [-0.1, -0.05) is 31.8 Å². The molecule has 0 unspecified atom stereocenters. The minimum Gasteiger partial charge on any atom is -0.480 e. The summed E-state index contributed by atoms with van der Waals surface area (Å²) in [7, 11) is 0. The molecule has 5 heteroatoms. The average molecular weight is 268 g/mol. The first-order valence-corrected chi connectivity index (χ1v) is 6.96. The van der Waals surface area contributed by atoms with Crippen LogP contribution in [0.3, 0.4) is 0 Å². The van der Waals surface area contributed by atoms with Crippen molar-refractivity contribution in [3.63, 3.8) is 0 Å². The fourth-order valence-corrected chi connectivity index (χ4v) is 2.46. The molecule has 2 N–H and O–H groups in total. The third kappa shape index (κ3) is 6.96. The standard InChI is InChI=1S/C14H24N2O3/c1-2-9-16(11-14(18)19)10-13(17)15-12-7-5-3-4-6-8-12/h2,12H,1,3-11H2,(H,15,17)(H,18,19). The molecule has 0 atom stereocenters. The Morgan fingerprint density at radius 1 is 1.21 bits per heavy atom. The Balaban J connectivity index is 2.37. The van der Waals surface area contributed by atoms with Crippen molar-refractivity contribution in [2.45, 2.75) is 44.6 Å². The Bertz CT molecular complexity index is 310. The van der Waals surface area contributed by atoms with Gasteiger partial charge < -0.3 is 10.4 Å². The first-order chi connectivity index (χ1) is 9.11. The maximum absolute atomic E-state index is 11.9. The first-order valence-electron chi connectivity index (χ1n) is 6.96. The van der Waals surface area contributed by atoms with Crippen molar-refractivity contribution in [3.05, 3.63) is 12.7 Å². The summed E-state index contributed by atoms with van der Waals surface area (Å²) in [6, 6.07) is 0.255. The number of aliphatic carboxylic acids is 1. The maximum Gasteiger partial charge on any atom is 0.317 e. The van der Waals surface area contributed by atoms with Crippen LogP contribution in [0.4, 0.5) is 0 Å². The van der Waals surface area contributed by atoms with Gasteiger partial charge in [0.2, 0.25) is 5.91 Å². The monoisotopic (exact) mass is 268 g/mol. The molecule has 5 nitrogen and oxygen atoms in total. The lowest BCUT2D eigenvalue weighted by atomic mass is 10.1. The van der Waals surface area contributed by atoms with E-state index < -0.39 is 5.97 Å². The summed E-state index contributed by atoms with van der Waals surface area (Å²) in [5, 5.41) is 11.8. The molecule has 1 aliphatic carbocycles. The Kier molecular flexibility index (Phi) is 7.18. The molecular weight excluding hydrogens is 244 g/mol. The lowest BCUT2D eigenvalue weighted by molar-refractivity contribution is -0.138. The van der Waals surface area contributed by atoms with Crippen molar-refractivity contribution in [1.82, 2.24) is 10.2 Å². The number of hydrogen-bond acceptors (Lipinski definition) is 3. The van der Waals surface area contributed by atoms with Crippen LogP contribution in [-0.2, 0) is 9.59 Å². The van der Waals surface area contributed by atoms with E-state index in [0.717, 1.165) is 25.7 Å². The van der Waals surface area contributed by atoms with Crippen LogP contribution in [0.15, 0.2) is 12.7 Å². The summed E-state index contributed by atoms with van der Waals surface area (Å²) in [4.78, 5) is 24.2. The summed E-state index contributed by atoms with van der Waals surface area (Å²) in [6.07, 6.45) is 8.50. The van der Waals surface area contributed by atoms with E-state index in [2.05, 4.69) is 11.9 Å². The van der Waals surface area contributed by atoms with Gasteiger partial charge in [-0.05, 0) is 12.8 Å². The van der Waals surface area contributed by atoms with Crippen LogP contribution in [0, 0.1) is 0 Å². The van der Waals surface area contributed by atoms with Crippen molar-refractivity contribution in [3.8, 4) is 0 Å². The van der Waals surface area contributed by atoms with Crippen LogP contribution in [-0.4, -0.2) is 47.6 Å². The number of carbonyl (C=O) groups excluding carboxylic acids is 1. The number of nitrogens with zero attached hydrogens (tertiary/aromatic N) is 1. The van der Waals surface area contributed by atoms with E-state index in [1.807, 2.05) is 0 Å². The van der Waals surface area contributed by atoms with Gasteiger partial charge >= 0.3 is 5.97 Å². The van der Waals surface area contributed by atoms with Gasteiger partial charge in [0.1, 0.15) is 0 Å². The molecule has 0 aliphatic heterocycles. The van der Waals surface area contributed by atoms with Crippen LogP contribution in [0.2, 0.25) is 0 Å². The first kappa shape index (κ1) is 15.7. The Labute approximate surface area is 114 Å². The fourth-order valence-electron chi connectivity index (χ4n) is 2.46. The van der Waals surface area contributed by atoms with Gasteiger partial charge in [0.15, 0.2) is 0 Å². The van der Waals surface area contributed by atoms with E-state index in [9.17, 15) is 9.59 Å². The van der Waals surface area contributed by atoms with Gasteiger partial charge in [-0.15, -0.1) is 6.58 Å². The van der Waals surface area contributed by atoms with E-state index >= 15 is 0 Å². The van der Waals surface area contributed by atoms with Gasteiger partial charge in [-0.2, -0.15) is 0 Å². The number of amides is 1. The highest BCUT2D eigenvalue weighted by molar-refractivity contribution is 5.79. The van der Waals surface area contributed by atoms with E-state index in [-0.39, 0.29) is 25.0 Å². The van der Waals surface area contributed by atoms with E-state index in [1.165, 1.54) is 12.8 Å². The SMILES string of the molecule is C=CCN(CC(=O)O)CC(=O)NC1CCCCCC1. The minimum atomic E-state index is -0.927. The predicted octanol–water partition coefficient (Wildman–Crippen LogP) is 1.40. The zero-order chi connectivity index (χ0) is 14.1. The number of hydrogen-bond donors (Lipinski definition) is 2. The normalized spacial score (nSPS) is 16.9. The highest BCUT2D eigenvalue weighted by atomic mass is 16.4. The average Bonchev–Trinajstić information content (AvgIpc) is 2.56. The number of carboxylic acid groups (broad SMARTS) is 1. The zero-order valence-corrected chi connectivity index (χ0v) is 11.4. The van der Waals surface area contributed by atoms with Crippen molar-refractivity contribution in [2.75, 3.05) is 19.6 Å². The zero-order valence-electron chi connectivity index (χ0n) is 11.4. The molecule has 0 heterocycles. The second-order valence-electron chi connectivity index (χ2n) is 5.11. The number of nitrogens with one attached hydrogen (secondary N) is 1. The van der Waals surface area contributed by atoms with Gasteiger partial charge in [-0.25, -0.2) is 0 Å². The fraction of sp³-hybridized carbons (Fsp3) is 0.714. The molecule has 0 spiro atoms. The quantitative estimate of drug-likeness (QED) is 0.541. The van der Waals surface area contributed by atoms with Crippen molar-refractivity contribution < 1.29 is 14.7 Å².